The van der Waals surface area contributed by atoms with Gasteiger partial charge in [0.1, 0.15) is 5.92 Å². The second kappa shape index (κ2) is 8.05. The van der Waals surface area contributed by atoms with Crippen molar-refractivity contribution in [1.82, 2.24) is 10.2 Å². The van der Waals surface area contributed by atoms with Crippen LogP contribution in [0.4, 0.5) is 0 Å². The maximum atomic E-state index is 12.3. The normalized spacial score (nSPS) is 11.6. The molecule has 0 aliphatic heterocycles. The molecule has 0 radical (unpaired) electrons. The van der Waals surface area contributed by atoms with Crippen LogP contribution >= 0.6 is 0 Å². The number of nitrogens with one attached hydrogen (secondary N) is 1. The number of likely N-dealkylation sites (N-methyl/N-ethyl adjacent to an activating group) is 1. The summed E-state index contributed by atoms with van der Waals surface area (Å²) in [5.41, 5.74) is 0.638. The Bertz CT molecular complexity index is 520. The SMILES string of the molecule is CC(C)CNC(=O)CN(C)C(=O)C(C#N)c1ccccc1. The molecule has 1 aromatic rings. The molecule has 2 amide bonds. The smallest absolute Gasteiger partial charge is 0.244 e. The first-order valence-corrected chi connectivity index (χ1v) is 6.92. The first-order chi connectivity index (χ1) is 9.95. The van der Waals surface area contributed by atoms with E-state index in [-0.39, 0.29) is 18.4 Å². The van der Waals surface area contributed by atoms with Crippen molar-refractivity contribution in [2.45, 2.75) is 19.8 Å². The van der Waals surface area contributed by atoms with Gasteiger partial charge in [0, 0.05) is 13.6 Å². The third-order valence-electron chi connectivity index (χ3n) is 2.97. The maximum absolute atomic E-state index is 12.3. The van der Waals surface area contributed by atoms with Crippen LogP contribution in [0, 0.1) is 17.2 Å². The van der Waals surface area contributed by atoms with Crippen LogP contribution in [-0.4, -0.2) is 36.9 Å². The summed E-state index contributed by atoms with van der Waals surface area (Å²) in [6.07, 6.45) is 0. The van der Waals surface area contributed by atoms with Crippen LogP contribution in [0.5, 0.6) is 0 Å². The van der Waals surface area contributed by atoms with Crippen molar-refractivity contribution in [2.24, 2.45) is 5.92 Å². The zero-order valence-corrected chi connectivity index (χ0v) is 12.7. The molecule has 0 saturated heterocycles. The van der Waals surface area contributed by atoms with Crippen molar-refractivity contribution in [3.63, 3.8) is 0 Å². The van der Waals surface area contributed by atoms with Gasteiger partial charge in [-0.1, -0.05) is 44.2 Å². The van der Waals surface area contributed by atoms with Crippen molar-refractivity contribution in [1.29, 1.82) is 5.26 Å². The fraction of sp³-hybridized carbons (Fsp3) is 0.438. The number of nitrogens with zero attached hydrogens (tertiary/aromatic N) is 2. The summed E-state index contributed by atoms with van der Waals surface area (Å²) in [7, 11) is 1.53. The number of hydrogen-bond acceptors (Lipinski definition) is 3. The van der Waals surface area contributed by atoms with Crippen LogP contribution in [0.1, 0.15) is 25.3 Å². The summed E-state index contributed by atoms with van der Waals surface area (Å²) in [4.78, 5) is 25.3. The number of nitriles is 1. The lowest BCUT2D eigenvalue weighted by atomic mass is 9.99. The fourth-order valence-corrected chi connectivity index (χ4v) is 1.81. The molecular weight excluding hydrogens is 266 g/mol. The van der Waals surface area contributed by atoms with E-state index in [4.69, 9.17) is 0 Å². The quantitative estimate of drug-likeness (QED) is 0.862. The lowest BCUT2D eigenvalue weighted by molar-refractivity contribution is -0.135. The highest BCUT2D eigenvalue weighted by Gasteiger charge is 2.24. The van der Waals surface area contributed by atoms with Gasteiger partial charge >= 0.3 is 0 Å². The molecule has 0 heterocycles. The van der Waals surface area contributed by atoms with Crippen LogP contribution in [0.25, 0.3) is 0 Å². The van der Waals surface area contributed by atoms with Crippen molar-refractivity contribution < 1.29 is 9.59 Å². The predicted molar refractivity (Wildman–Crippen MR) is 80.3 cm³/mol. The number of amides is 2. The molecule has 1 aromatic carbocycles. The second-order valence-electron chi connectivity index (χ2n) is 5.37. The summed E-state index contributed by atoms with van der Waals surface area (Å²) in [5, 5.41) is 12.0. The van der Waals surface area contributed by atoms with Crippen LogP contribution in [0.2, 0.25) is 0 Å². The van der Waals surface area contributed by atoms with E-state index in [9.17, 15) is 14.9 Å². The first-order valence-electron chi connectivity index (χ1n) is 6.92. The van der Waals surface area contributed by atoms with Gasteiger partial charge in [-0.2, -0.15) is 5.26 Å². The van der Waals surface area contributed by atoms with Gasteiger partial charge in [0.25, 0.3) is 0 Å². The van der Waals surface area contributed by atoms with Gasteiger partial charge in [-0.25, -0.2) is 0 Å². The van der Waals surface area contributed by atoms with Gasteiger partial charge in [-0.05, 0) is 11.5 Å². The Kier molecular flexibility index (Phi) is 6.41. The summed E-state index contributed by atoms with van der Waals surface area (Å²) in [5.74, 6) is -1.12. The molecule has 5 nitrogen and oxygen atoms in total. The second-order valence-corrected chi connectivity index (χ2v) is 5.37. The lowest BCUT2D eigenvalue weighted by Crippen LogP contribution is -2.41. The summed E-state index contributed by atoms with van der Waals surface area (Å²) < 4.78 is 0. The number of benzene rings is 1. The molecule has 1 N–H and O–H groups in total. The standard InChI is InChI=1S/C16H21N3O2/c1-12(2)10-18-15(20)11-19(3)16(21)14(9-17)13-7-5-4-6-8-13/h4-8,12,14H,10-11H2,1-3H3,(H,18,20). The highest BCUT2D eigenvalue weighted by molar-refractivity contribution is 5.90. The first kappa shape index (κ1) is 16.7. The summed E-state index contributed by atoms with van der Waals surface area (Å²) >= 11 is 0. The molecule has 1 unspecified atom stereocenters. The Hall–Kier alpha value is -2.35. The van der Waals surface area contributed by atoms with Gasteiger partial charge in [0.05, 0.1) is 12.6 Å². The number of hydrogen-bond donors (Lipinski definition) is 1. The van der Waals surface area contributed by atoms with Crippen LogP contribution in [0.3, 0.4) is 0 Å². The lowest BCUT2D eigenvalue weighted by Gasteiger charge is -2.20. The van der Waals surface area contributed by atoms with E-state index in [2.05, 4.69) is 5.32 Å². The Labute approximate surface area is 125 Å². The number of carbonyl (C=O) groups is 2. The average Bonchev–Trinajstić information content (AvgIpc) is 2.46. The Balaban J connectivity index is 2.65. The molecule has 0 aliphatic rings. The van der Waals surface area contributed by atoms with Crippen molar-refractivity contribution in [3.05, 3.63) is 35.9 Å². The average molecular weight is 287 g/mol. The van der Waals surface area contributed by atoms with E-state index in [1.165, 1.54) is 11.9 Å². The topological polar surface area (TPSA) is 73.2 Å². The molecule has 21 heavy (non-hydrogen) atoms. The van der Waals surface area contributed by atoms with E-state index < -0.39 is 5.92 Å². The Morgan fingerprint density at radius 1 is 1.29 bits per heavy atom. The zero-order valence-electron chi connectivity index (χ0n) is 12.7. The van der Waals surface area contributed by atoms with E-state index in [0.29, 0.717) is 18.0 Å². The van der Waals surface area contributed by atoms with Crippen LogP contribution in [0.15, 0.2) is 30.3 Å². The Morgan fingerprint density at radius 3 is 2.43 bits per heavy atom. The predicted octanol–water partition coefficient (Wildman–Crippen LogP) is 1.52. The van der Waals surface area contributed by atoms with Crippen LogP contribution in [-0.2, 0) is 9.59 Å². The van der Waals surface area contributed by atoms with Gasteiger partial charge < -0.3 is 10.2 Å². The molecule has 0 aliphatic carbocycles. The van der Waals surface area contributed by atoms with Gasteiger partial charge in [-0.15, -0.1) is 0 Å². The highest BCUT2D eigenvalue weighted by Crippen LogP contribution is 2.16. The minimum atomic E-state index is -0.880. The largest absolute Gasteiger partial charge is 0.354 e. The molecule has 0 fully saturated rings. The van der Waals surface area contributed by atoms with E-state index >= 15 is 0 Å². The summed E-state index contributed by atoms with van der Waals surface area (Å²) in [6.45, 7) is 4.52. The maximum Gasteiger partial charge on any atom is 0.244 e. The fourth-order valence-electron chi connectivity index (χ4n) is 1.81. The van der Waals surface area contributed by atoms with E-state index in [1.807, 2.05) is 26.0 Å². The summed E-state index contributed by atoms with van der Waals surface area (Å²) in [6, 6.07) is 10.9. The zero-order chi connectivity index (χ0) is 15.8. The number of carbonyl (C=O) groups excluding carboxylic acids is 2. The van der Waals surface area contributed by atoms with Gasteiger partial charge in [0.2, 0.25) is 11.8 Å². The minimum Gasteiger partial charge on any atom is -0.354 e. The molecule has 5 heteroatoms. The van der Waals surface area contributed by atoms with Crippen molar-refractivity contribution >= 4 is 11.8 Å². The highest BCUT2D eigenvalue weighted by atomic mass is 16.2. The molecule has 0 aromatic heterocycles. The third-order valence-corrected chi connectivity index (χ3v) is 2.97. The van der Waals surface area contributed by atoms with Crippen molar-refractivity contribution in [3.8, 4) is 6.07 Å². The molecule has 0 spiro atoms. The molecule has 0 saturated carbocycles. The van der Waals surface area contributed by atoms with Gasteiger partial charge in [0.15, 0.2) is 0 Å². The third kappa shape index (κ3) is 5.27. The molecule has 112 valence electrons. The minimum absolute atomic E-state index is 0.0451. The molecule has 0 bridgehead atoms. The van der Waals surface area contributed by atoms with Gasteiger partial charge in [-0.3, -0.25) is 9.59 Å². The molecule has 1 rings (SSSR count). The monoisotopic (exact) mass is 287 g/mol. The molecular formula is C16H21N3O2. The van der Waals surface area contributed by atoms with E-state index in [1.54, 1.807) is 24.3 Å². The van der Waals surface area contributed by atoms with Crippen molar-refractivity contribution in [2.75, 3.05) is 20.1 Å². The molecule has 1 atom stereocenters. The Morgan fingerprint density at radius 2 is 1.90 bits per heavy atom. The number of rotatable bonds is 6. The van der Waals surface area contributed by atoms with Crippen LogP contribution < -0.4 is 5.32 Å². The van der Waals surface area contributed by atoms with E-state index in [0.717, 1.165) is 0 Å².